The fourth-order valence-corrected chi connectivity index (χ4v) is 6.35. The molecule has 5 nitrogen and oxygen atoms in total. The molecule has 3 rings (SSSR count). The molecule has 8 heteroatoms. The van der Waals surface area contributed by atoms with E-state index in [9.17, 15) is 18.5 Å². The zero-order chi connectivity index (χ0) is 19.8. The lowest BCUT2D eigenvalue weighted by atomic mass is 9.74. The lowest BCUT2D eigenvalue weighted by Gasteiger charge is -2.31. The third kappa shape index (κ3) is 4.42. The van der Waals surface area contributed by atoms with E-state index in [-0.39, 0.29) is 23.9 Å². The van der Waals surface area contributed by atoms with E-state index >= 15 is 0 Å². The van der Waals surface area contributed by atoms with Crippen molar-refractivity contribution in [3.05, 3.63) is 45.5 Å². The molecule has 0 bridgehead atoms. The van der Waals surface area contributed by atoms with Crippen LogP contribution in [0.25, 0.3) is 6.08 Å². The van der Waals surface area contributed by atoms with Gasteiger partial charge in [-0.3, -0.25) is 0 Å². The molecular weight excluding hydrogens is 387 g/mol. The lowest BCUT2D eigenvalue weighted by Crippen LogP contribution is -2.41. The van der Waals surface area contributed by atoms with E-state index in [0.29, 0.717) is 17.9 Å². The molecular formula is C19H24BClO5S. The third-order valence-electron chi connectivity index (χ3n) is 5.30. The van der Waals surface area contributed by atoms with Gasteiger partial charge in [-0.05, 0) is 55.5 Å². The first-order valence-electron chi connectivity index (χ1n) is 9.14. The molecule has 0 radical (unpaired) electrons. The SMILES string of the molecule is CC/C(=C\c1ccc(O)cc1Cl)CC[C@H]1OB(O)C[C@H]2C1=C(C)CS2(=O)=O. The molecule has 0 aromatic heterocycles. The zero-order valence-electron chi connectivity index (χ0n) is 15.5. The van der Waals surface area contributed by atoms with Gasteiger partial charge in [0.2, 0.25) is 0 Å². The van der Waals surface area contributed by atoms with Crippen molar-refractivity contribution < 1.29 is 23.2 Å². The average Bonchev–Trinajstić information content (AvgIpc) is 2.82. The Kier molecular flexibility index (Phi) is 6.06. The number of benzene rings is 1. The molecule has 2 aliphatic rings. The van der Waals surface area contributed by atoms with Crippen LogP contribution in [-0.4, -0.2) is 42.8 Å². The van der Waals surface area contributed by atoms with Gasteiger partial charge in [0.25, 0.3) is 0 Å². The minimum absolute atomic E-state index is 0.0547. The highest BCUT2D eigenvalue weighted by Gasteiger charge is 2.47. The molecule has 0 saturated carbocycles. The van der Waals surface area contributed by atoms with Crippen LogP contribution in [0.4, 0.5) is 0 Å². The van der Waals surface area contributed by atoms with Crippen LogP contribution < -0.4 is 0 Å². The predicted octanol–water partition coefficient (Wildman–Crippen LogP) is 3.61. The summed E-state index contributed by atoms with van der Waals surface area (Å²) in [4.78, 5) is 0. The van der Waals surface area contributed by atoms with Crippen molar-refractivity contribution in [1.82, 2.24) is 0 Å². The van der Waals surface area contributed by atoms with Crippen LogP contribution in [0, 0.1) is 0 Å². The Bertz CT molecular complexity index is 893. The Balaban J connectivity index is 1.77. The first-order valence-corrected chi connectivity index (χ1v) is 11.2. The molecule has 27 heavy (non-hydrogen) atoms. The van der Waals surface area contributed by atoms with Gasteiger partial charge in [0.1, 0.15) is 5.75 Å². The molecule has 0 aliphatic carbocycles. The average molecular weight is 411 g/mol. The number of phenolic OH excluding ortho intramolecular Hbond substituents is 1. The zero-order valence-corrected chi connectivity index (χ0v) is 17.1. The smallest absolute Gasteiger partial charge is 0.456 e. The van der Waals surface area contributed by atoms with E-state index in [4.69, 9.17) is 16.3 Å². The number of rotatable bonds is 5. The van der Waals surface area contributed by atoms with Gasteiger partial charge in [0.15, 0.2) is 9.84 Å². The van der Waals surface area contributed by atoms with Crippen molar-refractivity contribution in [3.8, 4) is 5.75 Å². The van der Waals surface area contributed by atoms with Crippen LogP contribution in [0.1, 0.15) is 38.7 Å². The maximum Gasteiger partial charge on any atom is 0.456 e. The van der Waals surface area contributed by atoms with Crippen LogP contribution in [0.3, 0.4) is 0 Å². The first kappa shape index (κ1) is 20.5. The Morgan fingerprint density at radius 3 is 2.85 bits per heavy atom. The van der Waals surface area contributed by atoms with E-state index in [1.807, 2.05) is 19.9 Å². The summed E-state index contributed by atoms with van der Waals surface area (Å²) in [5, 5.41) is 19.3. The number of sulfone groups is 1. The number of phenols is 1. The number of aromatic hydroxyl groups is 1. The van der Waals surface area contributed by atoms with E-state index in [1.54, 1.807) is 12.1 Å². The molecule has 2 aliphatic heterocycles. The molecule has 1 aromatic rings. The van der Waals surface area contributed by atoms with Crippen LogP contribution in [0.5, 0.6) is 5.75 Å². The summed E-state index contributed by atoms with van der Waals surface area (Å²) in [7, 11) is -4.29. The van der Waals surface area contributed by atoms with Gasteiger partial charge >= 0.3 is 7.12 Å². The second-order valence-corrected chi connectivity index (χ2v) is 9.84. The molecule has 0 unspecified atom stereocenters. The Morgan fingerprint density at radius 2 is 2.19 bits per heavy atom. The van der Waals surface area contributed by atoms with Crippen LogP contribution in [-0.2, 0) is 14.5 Å². The molecule has 2 atom stereocenters. The van der Waals surface area contributed by atoms with E-state index in [2.05, 4.69) is 0 Å². The highest BCUT2D eigenvalue weighted by atomic mass is 35.5. The topological polar surface area (TPSA) is 83.8 Å². The van der Waals surface area contributed by atoms with Gasteiger partial charge in [-0.1, -0.05) is 35.7 Å². The van der Waals surface area contributed by atoms with Crippen molar-refractivity contribution in [1.29, 1.82) is 0 Å². The number of fused-ring (bicyclic) bond motifs is 1. The van der Waals surface area contributed by atoms with Crippen molar-refractivity contribution >= 4 is 34.6 Å². The highest BCUT2D eigenvalue weighted by molar-refractivity contribution is 7.92. The monoisotopic (exact) mass is 410 g/mol. The number of hydrogen-bond donors (Lipinski definition) is 2. The second-order valence-electron chi connectivity index (χ2n) is 7.25. The summed E-state index contributed by atoms with van der Waals surface area (Å²) >= 11 is 6.19. The maximum absolute atomic E-state index is 12.3. The van der Waals surface area contributed by atoms with Crippen LogP contribution in [0.2, 0.25) is 11.3 Å². The number of halogens is 1. The Morgan fingerprint density at radius 1 is 1.44 bits per heavy atom. The molecule has 2 N–H and O–H groups in total. The highest BCUT2D eigenvalue weighted by Crippen LogP contribution is 2.39. The molecule has 1 fully saturated rings. The van der Waals surface area contributed by atoms with Crippen molar-refractivity contribution in [2.75, 3.05) is 5.75 Å². The molecule has 1 saturated heterocycles. The second kappa shape index (κ2) is 7.99. The first-order chi connectivity index (χ1) is 12.7. The van der Waals surface area contributed by atoms with E-state index < -0.39 is 22.2 Å². The Labute approximate surface area is 165 Å². The summed E-state index contributed by atoms with van der Waals surface area (Å²) < 4.78 is 30.4. The van der Waals surface area contributed by atoms with Gasteiger partial charge < -0.3 is 14.8 Å². The van der Waals surface area contributed by atoms with Gasteiger partial charge in [-0.15, -0.1) is 0 Å². The normalized spacial score (nSPS) is 25.0. The summed E-state index contributed by atoms with van der Waals surface area (Å²) in [5.74, 6) is 0.176. The predicted molar refractivity (Wildman–Crippen MR) is 109 cm³/mol. The lowest BCUT2D eigenvalue weighted by molar-refractivity contribution is 0.170. The summed E-state index contributed by atoms with van der Waals surface area (Å²) in [6, 6.07) is 4.86. The van der Waals surface area contributed by atoms with E-state index in [0.717, 1.165) is 28.7 Å². The van der Waals surface area contributed by atoms with Crippen LogP contribution >= 0.6 is 11.6 Å². The van der Waals surface area contributed by atoms with Crippen molar-refractivity contribution in [2.24, 2.45) is 0 Å². The number of allylic oxidation sites excluding steroid dienone is 1. The molecule has 0 spiro atoms. The van der Waals surface area contributed by atoms with Crippen LogP contribution in [0.15, 0.2) is 34.9 Å². The summed E-state index contributed by atoms with van der Waals surface area (Å²) in [6.45, 7) is 3.89. The largest absolute Gasteiger partial charge is 0.508 e. The van der Waals surface area contributed by atoms with Gasteiger partial charge in [-0.2, -0.15) is 0 Å². The standard InChI is InChI=1S/C19H24BClO5S/c1-3-13(8-14-5-6-15(22)9-16(14)21)4-7-17-19-12(2)11-27(24,25)18(19)10-20(23)26-17/h5-6,8-9,17-18,22-23H,3-4,7,10-11H2,1-2H3/b13-8+/t17-,18+/m1/s1. The summed E-state index contributed by atoms with van der Waals surface area (Å²) in [5.41, 5.74) is 3.65. The van der Waals surface area contributed by atoms with Gasteiger partial charge in [-0.25, -0.2) is 8.42 Å². The van der Waals surface area contributed by atoms with Crippen molar-refractivity contribution in [3.63, 3.8) is 0 Å². The number of hydrogen-bond acceptors (Lipinski definition) is 5. The molecule has 1 aromatic carbocycles. The minimum atomic E-state index is -3.23. The quantitative estimate of drug-likeness (QED) is 0.572. The van der Waals surface area contributed by atoms with Crippen molar-refractivity contribution in [2.45, 2.75) is 50.8 Å². The fraction of sp³-hybridized carbons (Fsp3) is 0.474. The third-order valence-corrected chi connectivity index (χ3v) is 7.78. The Hall–Kier alpha value is -1.28. The summed E-state index contributed by atoms with van der Waals surface area (Å²) in [6.07, 6.45) is 3.84. The minimum Gasteiger partial charge on any atom is -0.508 e. The van der Waals surface area contributed by atoms with E-state index in [1.165, 1.54) is 6.07 Å². The molecule has 2 heterocycles. The van der Waals surface area contributed by atoms with Gasteiger partial charge in [0.05, 0.1) is 22.1 Å². The maximum atomic E-state index is 12.3. The molecule has 0 amide bonds. The van der Waals surface area contributed by atoms with Gasteiger partial charge in [0, 0.05) is 6.32 Å². The molecule has 146 valence electrons. The fourth-order valence-electron chi connectivity index (χ4n) is 3.96.